The molecule has 2 fully saturated rings. The van der Waals surface area contributed by atoms with Crippen molar-refractivity contribution in [1.82, 2.24) is 14.5 Å². The first kappa shape index (κ1) is 23.4. The van der Waals surface area contributed by atoms with Crippen LogP contribution in [0.5, 0.6) is 0 Å². The quantitative estimate of drug-likeness (QED) is 0.508. The normalized spacial score (nSPS) is 20.3. The molecule has 2 N–H and O–H groups in total. The molecule has 12 heteroatoms. The number of carbonyl (C=O) groups is 1. The summed E-state index contributed by atoms with van der Waals surface area (Å²) in [6.45, 7) is 4.44. The van der Waals surface area contributed by atoms with Gasteiger partial charge in [0.15, 0.2) is 4.34 Å². The molecule has 32 heavy (non-hydrogen) atoms. The SMILES string of the molecule is C[C@@H](Sc1nnc(NC[C@@H]2CCCO2)s1)C(=O)Nc1ccc(S(=O)(=O)N2CCCC2)cc1. The molecule has 9 nitrogen and oxygen atoms in total. The Hall–Kier alpha value is -1.73. The zero-order valence-corrected chi connectivity index (χ0v) is 20.3. The number of carbonyl (C=O) groups excluding carboxylic acids is 1. The molecule has 2 saturated heterocycles. The van der Waals surface area contributed by atoms with Crippen molar-refractivity contribution < 1.29 is 17.9 Å². The first-order valence-corrected chi connectivity index (χ1v) is 13.8. The maximum absolute atomic E-state index is 12.6. The summed E-state index contributed by atoms with van der Waals surface area (Å²) in [7, 11) is -3.46. The third-order valence-electron chi connectivity index (χ3n) is 5.38. The zero-order valence-electron chi connectivity index (χ0n) is 17.8. The highest BCUT2D eigenvalue weighted by molar-refractivity contribution is 8.02. The molecule has 1 aromatic carbocycles. The Kier molecular flexibility index (Phi) is 7.66. The molecule has 2 aliphatic heterocycles. The van der Waals surface area contributed by atoms with Gasteiger partial charge in [-0.15, -0.1) is 10.2 Å². The molecule has 0 spiro atoms. The Bertz CT molecular complexity index is 1020. The van der Waals surface area contributed by atoms with Crippen LogP contribution >= 0.6 is 23.1 Å². The van der Waals surface area contributed by atoms with Crippen LogP contribution in [0.2, 0.25) is 0 Å². The number of rotatable bonds is 9. The van der Waals surface area contributed by atoms with E-state index >= 15 is 0 Å². The number of thioether (sulfide) groups is 1. The van der Waals surface area contributed by atoms with Gasteiger partial charge >= 0.3 is 0 Å². The molecule has 0 bridgehead atoms. The van der Waals surface area contributed by atoms with Crippen molar-refractivity contribution in [3.8, 4) is 0 Å². The lowest BCUT2D eigenvalue weighted by Crippen LogP contribution is -2.27. The van der Waals surface area contributed by atoms with Gasteiger partial charge in [0.25, 0.3) is 0 Å². The zero-order chi connectivity index (χ0) is 22.6. The van der Waals surface area contributed by atoms with E-state index < -0.39 is 10.0 Å². The van der Waals surface area contributed by atoms with E-state index in [9.17, 15) is 13.2 Å². The van der Waals surface area contributed by atoms with Gasteiger partial charge in [0.2, 0.25) is 21.1 Å². The monoisotopic (exact) mass is 497 g/mol. The molecule has 2 aromatic rings. The van der Waals surface area contributed by atoms with Crippen LogP contribution in [-0.4, -0.2) is 66.4 Å². The summed E-state index contributed by atoms with van der Waals surface area (Å²) in [5, 5.41) is 14.7. The van der Waals surface area contributed by atoms with E-state index in [-0.39, 0.29) is 22.2 Å². The van der Waals surface area contributed by atoms with E-state index in [4.69, 9.17) is 4.74 Å². The van der Waals surface area contributed by atoms with Crippen LogP contribution in [0.15, 0.2) is 33.5 Å². The lowest BCUT2D eigenvalue weighted by Gasteiger charge is -2.16. The van der Waals surface area contributed by atoms with E-state index in [2.05, 4.69) is 20.8 Å². The number of benzene rings is 1. The number of ether oxygens (including phenoxy) is 1. The minimum absolute atomic E-state index is 0.186. The number of aromatic nitrogens is 2. The van der Waals surface area contributed by atoms with Gasteiger partial charge in [-0.05, 0) is 56.9 Å². The number of nitrogens with one attached hydrogen (secondary N) is 2. The number of sulfonamides is 1. The highest BCUT2D eigenvalue weighted by Gasteiger charge is 2.27. The third-order valence-corrected chi connectivity index (χ3v) is 9.36. The van der Waals surface area contributed by atoms with Crippen LogP contribution in [0.4, 0.5) is 10.8 Å². The fourth-order valence-electron chi connectivity index (χ4n) is 3.57. The molecule has 174 valence electrons. The van der Waals surface area contributed by atoms with Gasteiger partial charge in [-0.3, -0.25) is 4.79 Å². The van der Waals surface area contributed by atoms with Crippen molar-refractivity contribution in [3.63, 3.8) is 0 Å². The van der Waals surface area contributed by atoms with E-state index in [1.54, 1.807) is 19.1 Å². The molecule has 0 radical (unpaired) electrons. The molecule has 1 amide bonds. The summed E-state index contributed by atoms with van der Waals surface area (Å²) >= 11 is 2.74. The number of anilines is 2. The lowest BCUT2D eigenvalue weighted by molar-refractivity contribution is -0.115. The second-order valence-corrected chi connectivity index (χ2v) is 12.3. The summed E-state index contributed by atoms with van der Waals surface area (Å²) in [6, 6.07) is 6.32. The second-order valence-electron chi connectivity index (χ2n) is 7.77. The van der Waals surface area contributed by atoms with Crippen LogP contribution < -0.4 is 10.6 Å². The number of hydrogen-bond donors (Lipinski definition) is 2. The van der Waals surface area contributed by atoms with E-state index in [0.717, 1.165) is 32.3 Å². The Morgan fingerprint density at radius 1 is 1.25 bits per heavy atom. The summed E-state index contributed by atoms with van der Waals surface area (Å²) in [5.74, 6) is -0.186. The average Bonchev–Trinajstić information content (AvgIpc) is 3.55. The largest absolute Gasteiger partial charge is 0.376 e. The smallest absolute Gasteiger partial charge is 0.243 e. The molecular weight excluding hydrogens is 470 g/mol. The van der Waals surface area contributed by atoms with Crippen molar-refractivity contribution in [2.75, 3.05) is 36.9 Å². The Morgan fingerprint density at radius 3 is 2.69 bits per heavy atom. The summed E-state index contributed by atoms with van der Waals surface area (Å²) < 4.78 is 33.0. The first-order valence-electron chi connectivity index (χ1n) is 10.7. The summed E-state index contributed by atoms with van der Waals surface area (Å²) in [6.07, 6.45) is 4.15. The molecule has 0 unspecified atom stereocenters. The number of amides is 1. The van der Waals surface area contributed by atoms with Crippen molar-refractivity contribution in [3.05, 3.63) is 24.3 Å². The molecule has 1 aromatic heterocycles. The van der Waals surface area contributed by atoms with E-state index in [0.29, 0.717) is 34.8 Å². The fraction of sp³-hybridized carbons (Fsp3) is 0.550. The standard InChI is InChI=1S/C20H27N5O4S3/c1-14(30-20-24-23-19(31-20)21-13-16-5-4-12-29-16)18(26)22-15-6-8-17(9-7-15)32(27,28)25-10-2-3-11-25/h6-9,14,16H,2-5,10-13H2,1H3,(H,21,23)(H,22,26)/t14-,16+/m1/s1. The molecule has 2 aliphatic rings. The Morgan fingerprint density at radius 2 is 2.00 bits per heavy atom. The maximum atomic E-state index is 12.6. The summed E-state index contributed by atoms with van der Waals surface area (Å²) in [5.41, 5.74) is 0.555. The van der Waals surface area contributed by atoms with Crippen LogP contribution in [0, 0.1) is 0 Å². The average molecular weight is 498 g/mol. The molecule has 0 aliphatic carbocycles. The van der Waals surface area contributed by atoms with Gasteiger partial charge in [-0.2, -0.15) is 4.31 Å². The predicted molar refractivity (Wildman–Crippen MR) is 126 cm³/mol. The molecule has 4 rings (SSSR count). The fourth-order valence-corrected chi connectivity index (χ4v) is 6.99. The Balaban J connectivity index is 1.28. The molecule has 0 saturated carbocycles. The maximum Gasteiger partial charge on any atom is 0.243 e. The van der Waals surface area contributed by atoms with Crippen LogP contribution in [0.25, 0.3) is 0 Å². The van der Waals surface area contributed by atoms with Crippen LogP contribution in [0.3, 0.4) is 0 Å². The van der Waals surface area contributed by atoms with Crippen LogP contribution in [-0.2, 0) is 19.6 Å². The van der Waals surface area contributed by atoms with Crippen molar-refractivity contribution in [2.24, 2.45) is 0 Å². The highest BCUT2D eigenvalue weighted by Crippen LogP contribution is 2.30. The van der Waals surface area contributed by atoms with Gasteiger partial charge in [-0.1, -0.05) is 23.1 Å². The van der Waals surface area contributed by atoms with E-state index in [1.807, 2.05) is 0 Å². The molecule has 2 atom stereocenters. The number of hydrogen-bond acceptors (Lipinski definition) is 9. The van der Waals surface area contributed by atoms with Crippen LogP contribution in [0.1, 0.15) is 32.6 Å². The molecular formula is C20H27N5O4S3. The van der Waals surface area contributed by atoms with Crippen molar-refractivity contribution in [1.29, 1.82) is 0 Å². The van der Waals surface area contributed by atoms with Crippen molar-refractivity contribution >= 4 is 49.8 Å². The van der Waals surface area contributed by atoms with Gasteiger partial charge < -0.3 is 15.4 Å². The number of nitrogens with zero attached hydrogens (tertiary/aromatic N) is 3. The first-order chi connectivity index (χ1) is 15.4. The van der Waals surface area contributed by atoms with E-state index in [1.165, 1.54) is 39.5 Å². The van der Waals surface area contributed by atoms with Gasteiger partial charge in [-0.25, -0.2) is 8.42 Å². The van der Waals surface area contributed by atoms with Gasteiger partial charge in [0.1, 0.15) is 0 Å². The Labute approximate surface area is 196 Å². The molecule has 3 heterocycles. The van der Waals surface area contributed by atoms with Gasteiger partial charge in [0.05, 0.1) is 16.2 Å². The van der Waals surface area contributed by atoms with Gasteiger partial charge in [0, 0.05) is 31.9 Å². The minimum Gasteiger partial charge on any atom is -0.376 e. The minimum atomic E-state index is -3.46. The lowest BCUT2D eigenvalue weighted by atomic mass is 10.2. The second kappa shape index (κ2) is 10.5. The summed E-state index contributed by atoms with van der Waals surface area (Å²) in [4.78, 5) is 12.8. The predicted octanol–water partition coefficient (Wildman–Crippen LogP) is 3.03. The highest BCUT2D eigenvalue weighted by atomic mass is 32.2. The third kappa shape index (κ3) is 5.79. The topological polar surface area (TPSA) is 114 Å². The van der Waals surface area contributed by atoms with Crippen molar-refractivity contribution in [2.45, 2.75) is 53.2 Å².